The Hall–Kier alpha value is -2.02. The van der Waals surface area contributed by atoms with Crippen molar-refractivity contribution in [3.63, 3.8) is 0 Å². The molecule has 2 N–H and O–H groups in total. The third kappa shape index (κ3) is 26.6. The molecule has 13 nitrogen and oxygen atoms in total. The molecular formula is C56H92NNaO12SSi. The summed E-state index contributed by atoms with van der Waals surface area (Å²) in [4.78, 5) is 47.6. The van der Waals surface area contributed by atoms with Crippen molar-refractivity contribution in [1.82, 2.24) is 0 Å². The molecule has 1 aliphatic heterocycles. The van der Waals surface area contributed by atoms with Gasteiger partial charge in [0.05, 0.1) is 13.0 Å². The first-order chi connectivity index (χ1) is 33.9. The largest absolute Gasteiger partial charge is 1.00 e. The summed E-state index contributed by atoms with van der Waals surface area (Å²) in [6.07, 6.45) is 17.2. The molecule has 0 radical (unpaired) electrons. The standard InChI is InChI=1S/C56H93NO12SSi.Na/c1-7-8-9-10-11-12-13-14-21-32-41-48(65-51(58)42-33-22-17-15-19-26-35-46-37-28-24-29-38-46)54(60)56(69-57)44-49(53(68-70(61,62)63)50(67-56)45-64-71(5,6)55(2,3)4)66-52(59)43-34-23-18-16-20-27-36-47-39-30-25-31-40-47;/h24-25,28-31,37-40,48-50,53H,7-23,26-27,32-36,41-45,57H2,1-6H3,(H,61,62,63);/q;+1/p-1/t48?,49-,50+,53-,56?;/m0./s1. The molecule has 0 spiro atoms. The van der Waals surface area contributed by atoms with Gasteiger partial charge in [0.1, 0.15) is 18.3 Å². The van der Waals surface area contributed by atoms with Crippen LogP contribution in [0.15, 0.2) is 60.7 Å². The first-order valence-electron chi connectivity index (χ1n) is 27.2. The Bertz CT molecular complexity index is 1890. The fourth-order valence-electron chi connectivity index (χ4n) is 8.93. The van der Waals surface area contributed by atoms with E-state index < -0.39 is 73.1 Å². The van der Waals surface area contributed by atoms with Gasteiger partial charge in [-0.1, -0.05) is 198 Å². The summed E-state index contributed by atoms with van der Waals surface area (Å²) in [5.41, 5.74) is 2.64. The number of ketones is 1. The molecule has 0 bridgehead atoms. The Morgan fingerprint density at radius 2 is 1.15 bits per heavy atom. The van der Waals surface area contributed by atoms with Gasteiger partial charge in [-0.25, -0.2) is 14.3 Å². The van der Waals surface area contributed by atoms with Crippen molar-refractivity contribution in [1.29, 1.82) is 0 Å². The van der Waals surface area contributed by atoms with Crippen LogP contribution in [0.4, 0.5) is 0 Å². The van der Waals surface area contributed by atoms with Crippen molar-refractivity contribution in [3.05, 3.63) is 71.8 Å². The van der Waals surface area contributed by atoms with Crippen LogP contribution in [0.2, 0.25) is 18.1 Å². The number of rotatable bonds is 39. The average Bonchev–Trinajstić information content (AvgIpc) is 3.33. The number of aryl methyl sites for hydroxylation is 2. The molecule has 0 saturated carbocycles. The number of carbonyl (C=O) groups is 3. The monoisotopic (exact) mass is 1050 g/mol. The summed E-state index contributed by atoms with van der Waals surface area (Å²) in [5.74, 6) is 1.61. The fourth-order valence-corrected chi connectivity index (χ4v) is 10.5. The first-order valence-corrected chi connectivity index (χ1v) is 31.5. The van der Waals surface area contributed by atoms with Crippen molar-refractivity contribution in [2.24, 2.45) is 5.90 Å². The number of hydrogen-bond acceptors (Lipinski definition) is 13. The van der Waals surface area contributed by atoms with Gasteiger partial charge >= 0.3 is 41.5 Å². The van der Waals surface area contributed by atoms with Gasteiger partial charge in [-0.3, -0.25) is 23.4 Å². The van der Waals surface area contributed by atoms with Gasteiger partial charge < -0.3 is 23.2 Å². The zero-order valence-corrected chi connectivity index (χ0v) is 49.3. The molecule has 16 heteroatoms. The van der Waals surface area contributed by atoms with E-state index in [1.165, 1.54) is 43.2 Å². The van der Waals surface area contributed by atoms with Gasteiger partial charge in [-0.05, 0) is 80.6 Å². The first kappa shape index (κ1) is 66.1. The van der Waals surface area contributed by atoms with Gasteiger partial charge in [0.15, 0.2) is 14.4 Å². The number of benzene rings is 2. The molecular weight excluding hydrogens is 962 g/mol. The van der Waals surface area contributed by atoms with Crippen LogP contribution in [0.3, 0.4) is 0 Å². The second kappa shape index (κ2) is 36.1. The van der Waals surface area contributed by atoms with Crippen LogP contribution < -0.4 is 35.5 Å². The predicted octanol–water partition coefficient (Wildman–Crippen LogP) is 9.88. The Morgan fingerprint density at radius 3 is 1.61 bits per heavy atom. The Morgan fingerprint density at radius 1 is 0.708 bits per heavy atom. The molecule has 2 aromatic rings. The summed E-state index contributed by atoms with van der Waals surface area (Å²) >= 11 is 0. The quantitative estimate of drug-likeness (QED) is 0.0166. The summed E-state index contributed by atoms with van der Waals surface area (Å²) in [5, 5.41) is -0.301. The molecule has 404 valence electrons. The molecule has 72 heavy (non-hydrogen) atoms. The molecule has 1 aliphatic rings. The maximum absolute atomic E-state index is 15.0. The van der Waals surface area contributed by atoms with E-state index in [1.807, 2.05) is 58.1 Å². The number of hydrogen-bond donors (Lipinski definition) is 1. The van der Waals surface area contributed by atoms with E-state index in [1.54, 1.807) is 0 Å². The van der Waals surface area contributed by atoms with Gasteiger partial charge in [0.2, 0.25) is 16.2 Å². The molecule has 0 amide bonds. The molecule has 1 fully saturated rings. The van der Waals surface area contributed by atoms with E-state index in [2.05, 4.69) is 43.3 Å². The SMILES string of the molecule is CCCCCCCCCCCCC(OC(=O)CCCCCCCCc1ccccc1)C(=O)C1(ON)C[C@H](OC(=O)CCCCCCCCc2ccccc2)[C@H](OS(=O)(=O)[O-])[C@@H](CO[Si](C)(C)C(C)(C)C)O1.[Na+]. The topological polar surface area (TPSA) is 190 Å². The zero-order chi connectivity index (χ0) is 52.0. The molecule has 3 rings (SSSR count). The number of carbonyl (C=O) groups excluding carboxylic acids is 3. The van der Waals surface area contributed by atoms with Crippen molar-refractivity contribution >= 4 is 36.4 Å². The average molecular weight is 1050 g/mol. The second-order valence-electron chi connectivity index (χ2n) is 21.3. The van der Waals surface area contributed by atoms with Crippen molar-refractivity contribution < 1.29 is 84.6 Å². The summed E-state index contributed by atoms with van der Waals surface area (Å²) < 4.78 is 66.9. The Balaban J connectivity index is 0.0000178. The van der Waals surface area contributed by atoms with Gasteiger partial charge in [-0.15, -0.1) is 0 Å². The molecule has 1 saturated heterocycles. The summed E-state index contributed by atoms with van der Waals surface area (Å²) in [7, 11) is -7.99. The molecule has 5 atom stereocenters. The third-order valence-electron chi connectivity index (χ3n) is 14.3. The number of esters is 2. The Labute approximate surface area is 458 Å². The van der Waals surface area contributed by atoms with Crippen molar-refractivity contribution in [2.75, 3.05) is 6.61 Å². The van der Waals surface area contributed by atoms with Crippen LogP contribution in [0.5, 0.6) is 0 Å². The van der Waals surface area contributed by atoms with E-state index >= 15 is 0 Å². The maximum Gasteiger partial charge on any atom is 1.00 e. The fraction of sp³-hybridized carbons (Fsp3) is 0.732. The van der Waals surface area contributed by atoms with E-state index in [9.17, 15) is 27.4 Å². The Kier molecular flexibility index (Phi) is 33.1. The molecule has 0 aromatic heterocycles. The van der Waals surface area contributed by atoms with Crippen molar-refractivity contribution in [3.8, 4) is 0 Å². The van der Waals surface area contributed by atoms with Gasteiger partial charge in [0.25, 0.3) is 5.79 Å². The minimum atomic E-state index is -5.40. The number of nitrogens with two attached hydrogens (primary N) is 1. The molecule has 1 heterocycles. The van der Waals surface area contributed by atoms with E-state index in [0.29, 0.717) is 19.3 Å². The molecule has 2 unspecified atom stereocenters. The maximum atomic E-state index is 15.0. The van der Waals surface area contributed by atoms with Crippen LogP contribution >= 0.6 is 0 Å². The van der Waals surface area contributed by atoms with Crippen LogP contribution in [0.1, 0.15) is 206 Å². The zero-order valence-electron chi connectivity index (χ0n) is 45.5. The van der Waals surface area contributed by atoms with Gasteiger partial charge in [-0.2, -0.15) is 0 Å². The summed E-state index contributed by atoms with van der Waals surface area (Å²) in [6, 6.07) is 20.8. The minimum Gasteiger partial charge on any atom is -0.726 e. The third-order valence-corrected chi connectivity index (χ3v) is 19.3. The van der Waals surface area contributed by atoms with E-state index in [4.69, 9.17) is 33.6 Å². The predicted molar refractivity (Wildman–Crippen MR) is 281 cm³/mol. The molecule has 0 aliphatic carbocycles. The number of Topliss-reactive ketones (excluding diaryl/α,β-unsaturated/α-hetero) is 1. The number of unbranched alkanes of at least 4 members (excludes halogenated alkanes) is 19. The second-order valence-corrected chi connectivity index (χ2v) is 27.1. The van der Waals surface area contributed by atoms with Crippen LogP contribution in [0, 0.1) is 0 Å². The molecule has 2 aromatic carbocycles. The van der Waals surface area contributed by atoms with Crippen LogP contribution in [0.25, 0.3) is 0 Å². The van der Waals surface area contributed by atoms with Gasteiger partial charge in [0, 0.05) is 12.8 Å². The van der Waals surface area contributed by atoms with E-state index in [0.717, 1.165) is 103 Å². The summed E-state index contributed by atoms with van der Waals surface area (Å²) in [6.45, 7) is 11.9. The smallest absolute Gasteiger partial charge is 0.726 e. The minimum absolute atomic E-state index is 0. The normalized spacial score (nSPS) is 18.8. The van der Waals surface area contributed by atoms with E-state index in [-0.39, 0.29) is 60.5 Å². The van der Waals surface area contributed by atoms with Crippen molar-refractivity contribution in [2.45, 2.75) is 256 Å². The van der Waals surface area contributed by atoms with Crippen LogP contribution in [-0.4, -0.2) is 75.8 Å². The number of ether oxygens (including phenoxy) is 3. The van der Waals surface area contributed by atoms with Crippen LogP contribution in [-0.2, 0) is 65.3 Å².